The van der Waals surface area contributed by atoms with Crippen LogP contribution in [0.5, 0.6) is 0 Å². The molecule has 4 atom stereocenters. The first-order chi connectivity index (χ1) is 8.45. The van der Waals surface area contributed by atoms with Crippen LogP contribution in [0.3, 0.4) is 0 Å². The van der Waals surface area contributed by atoms with Crippen LogP contribution in [0.4, 0.5) is 0 Å². The zero-order valence-corrected chi connectivity index (χ0v) is 12.1. The maximum atomic E-state index is 11.3. The number of hydrogen-bond donors (Lipinski definition) is 2. The van der Waals surface area contributed by atoms with Crippen LogP contribution >= 0.6 is 0 Å². The van der Waals surface area contributed by atoms with E-state index in [1.165, 1.54) is 6.42 Å². The van der Waals surface area contributed by atoms with Gasteiger partial charge in [-0.2, -0.15) is 0 Å². The van der Waals surface area contributed by atoms with Crippen LogP contribution < -0.4 is 5.32 Å². The second kappa shape index (κ2) is 7.10. The lowest BCUT2D eigenvalue weighted by Crippen LogP contribution is -2.53. The molecule has 0 bridgehead atoms. The Balaban J connectivity index is 2.58. The van der Waals surface area contributed by atoms with E-state index in [-0.39, 0.29) is 0 Å². The van der Waals surface area contributed by atoms with Gasteiger partial charge in [0.2, 0.25) is 0 Å². The normalized spacial score (nSPS) is 31.2. The second-order valence-electron chi connectivity index (χ2n) is 5.86. The van der Waals surface area contributed by atoms with Gasteiger partial charge in [0, 0.05) is 19.1 Å². The van der Waals surface area contributed by atoms with Crippen molar-refractivity contribution in [2.75, 3.05) is 19.6 Å². The Labute approximate surface area is 111 Å². The van der Waals surface area contributed by atoms with E-state index in [1.54, 1.807) is 0 Å². The number of aliphatic carboxylic acids is 1. The van der Waals surface area contributed by atoms with Gasteiger partial charge >= 0.3 is 5.97 Å². The van der Waals surface area contributed by atoms with Crippen LogP contribution in [0, 0.1) is 11.8 Å². The highest BCUT2D eigenvalue weighted by atomic mass is 16.4. The Bertz CT molecular complexity index is 271. The van der Waals surface area contributed by atoms with Crippen molar-refractivity contribution in [1.82, 2.24) is 10.2 Å². The third-order valence-electron chi connectivity index (χ3n) is 4.08. The molecule has 0 aromatic rings. The van der Waals surface area contributed by atoms with Gasteiger partial charge in [0.25, 0.3) is 0 Å². The van der Waals surface area contributed by atoms with Gasteiger partial charge < -0.3 is 10.4 Å². The first-order valence-electron chi connectivity index (χ1n) is 7.15. The summed E-state index contributed by atoms with van der Waals surface area (Å²) < 4.78 is 0. The van der Waals surface area contributed by atoms with Gasteiger partial charge in [-0.05, 0) is 38.1 Å². The van der Waals surface area contributed by atoms with Crippen molar-refractivity contribution < 1.29 is 9.90 Å². The van der Waals surface area contributed by atoms with Crippen LogP contribution in [0.15, 0.2) is 0 Å². The van der Waals surface area contributed by atoms with Gasteiger partial charge in [0.05, 0.1) is 0 Å². The van der Waals surface area contributed by atoms with Gasteiger partial charge in [0.1, 0.15) is 6.04 Å². The van der Waals surface area contributed by atoms with Gasteiger partial charge in [-0.3, -0.25) is 9.69 Å². The summed E-state index contributed by atoms with van der Waals surface area (Å²) in [6, 6.07) is 0.0383. The van der Waals surface area contributed by atoms with E-state index < -0.39 is 12.0 Å². The summed E-state index contributed by atoms with van der Waals surface area (Å²) in [4.78, 5) is 13.6. The zero-order valence-electron chi connectivity index (χ0n) is 12.1. The van der Waals surface area contributed by atoms with E-state index in [1.807, 2.05) is 0 Å². The van der Waals surface area contributed by atoms with Crippen molar-refractivity contribution in [2.24, 2.45) is 11.8 Å². The molecule has 4 unspecified atom stereocenters. The minimum absolute atomic E-state index is 0.440. The van der Waals surface area contributed by atoms with Gasteiger partial charge in [-0.1, -0.05) is 20.8 Å². The van der Waals surface area contributed by atoms with Gasteiger partial charge in [0.15, 0.2) is 0 Å². The Hall–Kier alpha value is -0.610. The zero-order chi connectivity index (χ0) is 13.7. The fourth-order valence-electron chi connectivity index (χ4n) is 2.86. The van der Waals surface area contributed by atoms with Gasteiger partial charge in [-0.15, -0.1) is 0 Å². The maximum Gasteiger partial charge on any atom is 0.322 e. The number of likely N-dealkylation sites (tertiary alicyclic amines) is 1. The summed E-state index contributed by atoms with van der Waals surface area (Å²) in [5.74, 6) is 0.577. The number of rotatable bonds is 6. The highest BCUT2D eigenvalue weighted by molar-refractivity contribution is 5.73. The third-order valence-corrected chi connectivity index (χ3v) is 4.08. The Kier molecular flexibility index (Phi) is 6.09. The molecule has 0 spiro atoms. The van der Waals surface area contributed by atoms with Crippen LogP contribution in [0.1, 0.15) is 40.5 Å². The van der Waals surface area contributed by atoms with Crippen LogP contribution in [0.25, 0.3) is 0 Å². The average Bonchev–Trinajstić information content (AvgIpc) is 2.29. The largest absolute Gasteiger partial charge is 0.480 e. The van der Waals surface area contributed by atoms with E-state index >= 15 is 0 Å². The fourth-order valence-corrected chi connectivity index (χ4v) is 2.86. The molecule has 0 radical (unpaired) electrons. The molecule has 2 N–H and O–H groups in total. The van der Waals surface area contributed by atoms with Crippen molar-refractivity contribution in [3.05, 3.63) is 0 Å². The van der Waals surface area contributed by atoms with E-state index in [2.05, 4.69) is 37.9 Å². The Morgan fingerprint density at radius 1 is 1.44 bits per heavy atom. The lowest BCUT2D eigenvalue weighted by molar-refractivity contribution is -0.140. The molecule has 0 aliphatic carbocycles. The molecule has 0 aromatic carbocycles. The Morgan fingerprint density at radius 3 is 2.67 bits per heavy atom. The molecule has 4 heteroatoms. The van der Waals surface area contributed by atoms with Crippen molar-refractivity contribution >= 4 is 5.97 Å². The number of carboxylic acids is 1. The van der Waals surface area contributed by atoms with Crippen LogP contribution in [-0.2, 0) is 4.79 Å². The molecule has 1 fully saturated rings. The van der Waals surface area contributed by atoms with E-state index in [0.29, 0.717) is 24.4 Å². The Morgan fingerprint density at radius 2 is 2.11 bits per heavy atom. The predicted molar refractivity (Wildman–Crippen MR) is 73.7 cm³/mol. The first-order valence-corrected chi connectivity index (χ1v) is 7.15. The fraction of sp³-hybridized carbons (Fsp3) is 0.929. The second-order valence-corrected chi connectivity index (χ2v) is 5.86. The van der Waals surface area contributed by atoms with Crippen molar-refractivity contribution in [3.63, 3.8) is 0 Å². The van der Waals surface area contributed by atoms with Crippen LogP contribution in [-0.4, -0.2) is 47.7 Å². The van der Waals surface area contributed by atoms with Crippen LogP contribution in [0.2, 0.25) is 0 Å². The van der Waals surface area contributed by atoms with Crippen molar-refractivity contribution in [3.8, 4) is 0 Å². The number of hydrogen-bond acceptors (Lipinski definition) is 3. The molecule has 1 rings (SSSR count). The number of carbonyl (C=O) groups is 1. The van der Waals surface area contributed by atoms with Crippen molar-refractivity contribution in [2.45, 2.75) is 52.6 Å². The molecular weight excluding hydrogens is 228 g/mol. The number of nitrogens with zero attached hydrogens (tertiary/aromatic N) is 1. The topological polar surface area (TPSA) is 52.6 Å². The minimum atomic E-state index is -0.735. The molecule has 1 aliphatic heterocycles. The summed E-state index contributed by atoms with van der Waals surface area (Å²) in [7, 11) is 0. The summed E-state index contributed by atoms with van der Waals surface area (Å²) in [5.41, 5.74) is 0. The molecule has 1 aliphatic rings. The summed E-state index contributed by atoms with van der Waals surface area (Å²) in [6.07, 6.45) is 2.21. The molecule has 18 heavy (non-hydrogen) atoms. The first kappa shape index (κ1) is 15.4. The van der Waals surface area contributed by atoms with Gasteiger partial charge in [-0.25, -0.2) is 0 Å². The SMILES string of the molecule is CCCNC(CN1CC(C)CC(C)C1C)C(=O)O. The summed E-state index contributed by atoms with van der Waals surface area (Å²) >= 11 is 0. The van der Waals surface area contributed by atoms with E-state index in [9.17, 15) is 9.90 Å². The predicted octanol–water partition coefficient (Wildman–Crippen LogP) is 1.81. The minimum Gasteiger partial charge on any atom is -0.480 e. The van der Waals surface area contributed by atoms with E-state index in [0.717, 1.165) is 19.5 Å². The standard InChI is InChI=1S/C14H28N2O2/c1-5-6-15-13(14(17)18)9-16-8-10(2)7-11(3)12(16)4/h10-13,15H,5-9H2,1-4H3,(H,17,18). The third kappa shape index (κ3) is 4.25. The molecule has 0 amide bonds. The maximum absolute atomic E-state index is 11.3. The van der Waals surface area contributed by atoms with Crippen molar-refractivity contribution in [1.29, 1.82) is 0 Å². The molecule has 0 saturated carbocycles. The number of carboxylic acid groups (broad SMARTS) is 1. The monoisotopic (exact) mass is 256 g/mol. The highest BCUT2D eigenvalue weighted by Gasteiger charge is 2.31. The molecular formula is C14H28N2O2. The molecule has 4 nitrogen and oxygen atoms in total. The lowest BCUT2D eigenvalue weighted by Gasteiger charge is -2.42. The average molecular weight is 256 g/mol. The number of piperidine rings is 1. The van der Waals surface area contributed by atoms with E-state index in [4.69, 9.17) is 0 Å². The molecule has 1 saturated heterocycles. The lowest BCUT2D eigenvalue weighted by atomic mass is 9.86. The summed E-state index contributed by atoms with van der Waals surface area (Å²) in [6.45, 7) is 11.2. The molecule has 0 aromatic heterocycles. The smallest absolute Gasteiger partial charge is 0.322 e. The summed E-state index contributed by atoms with van der Waals surface area (Å²) in [5, 5.41) is 12.4. The molecule has 106 valence electrons. The number of nitrogens with one attached hydrogen (secondary N) is 1. The quantitative estimate of drug-likeness (QED) is 0.761. The highest BCUT2D eigenvalue weighted by Crippen LogP contribution is 2.26. The molecule has 1 heterocycles.